The molecule has 3 nitrogen and oxygen atoms in total. The summed E-state index contributed by atoms with van der Waals surface area (Å²) in [5, 5.41) is 3.41. The van der Waals surface area contributed by atoms with Crippen molar-refractivity contribution in [2.75, 3.05) is 18.0 Å². The highest BCUT2D eigenvalue weighted by atomic mass is 15.2. The highest BCUT2D eigenvalue weighted by Crippen LogP contribution is 2.31. The summed E-state index contributed by atoms with van der Waals surface area (Å²) in [6.07, 6.45) is 2.65. The van der Waals surface area contributed by atoms with Crippen molar-refractivity contribution in [1.29, 1.82) is 0 Å². The van der Waals surface area contributed by atoms with Gasteiger partial charge in [0.1, 0.15) is 5.82 Å². The van der Waals surface area contributed by atoms with E-state index in [0.29, 0.717) is 5.92 Å². The maximum Gasteiger partial charge on any atom is 0.129 e. The molecule has 106 valence electrons. The lowest BCUT2D eigenvalue weighted by Gasteiger charge is -2.23. The molecule has 1 aliphatic rings. The minimum Gasteiger partial charge on any atom is -0.354 e. The molecule has 3 heteroatoms. The van der Waals surface area contributed by atoms with E-state index in [2.05, 4.69) is 50.0 Å². The van der Waals surface area contributed by atoms with Crippen LogP contribution in [0.25, 0.3) is 0 Å². The molecule has 19 heavy (non-hydrogen) atoms. The number of pyridine rings is 1. The summed E-state index contributed by atoms with van der Waals surface area (Å²) in [5.41, 5.74) is 2.57. The molecule has 1 saturated carbocycles. The van der Waals surface area contributed by atoms with Crippen LogP contribution in [-0.4, -0.2) is 24.1 Å². The second-order valence-corrected chi connectivity index (χ2v) is 5.71. The van der Waals surface area contributed by atoms with E-state index >= 15 is 0 Å². The van der Waals surface area contributed by atoms with Gasteiger partial charge in [-0.05, 0) is 49.9 Å². The molecule has 0 amide bonds. The van der Waals surface area contributed by atoms with Crippen molar-refractivity contribution >= 4 is 5.82 Å². The van der Waals surface area contributed by atoms with Gasteiger partial charge in [0.05, 0.1) is 0 Å². The summed E-state index contributed by atoms with van der Waals surface area (Å²) in [4.78, 5) is 7.33. The monoisotopic (exact) mass is 261 g/mol. The Morgan fingerprint density at radius 3 is 2.58 bits per heavy atom. The van der Waals surface area contributed by atoms with Gasteiger partial charge in [0.25, 0.3) is 0 Å². The van der Waals surface area contributed by atoms with Crippen LogP contribution in [0.1, 0.15) is 57.7 Å². The number of rotatable bonds is 7. The van der Waals surface area contributed by atoms with Crippen LogP contribution in [0.4, 0.5) is 5.82 Å². The van der Waals surface area contributed by atoms with Crippen LogP contribution < -0.4 is 10.2 Å². The lowest BCUT2D eigenvalue weighted by atomic mass is 10.1. The van der Waals surface area contributed by atoms with Crippen molar-refractivity contribution in [2.45, 2.75) is 59.0 Å². The number of nitrogens with one attached hydrogen (secondary N) is 1. The smallest absolute Gasteiger partial charge is 0.129 e. The van der Waals surface area contributed by atoms with Gasteiger partial charge >= 0.3 is 0 Å². The van der Waals surface area contributed by atoms with Gasteiger partial charge in [-0.2, -0.15) is 0 Å². The standard InChI is InChI=1S/C16H27N3/c1-5-17-11-13-9-15(12(3)4)18-16(10-13)19(6-2)14-7-8-14/h9-10,12,14,17H,5-8,11H2,1-4H3. The van der Waals surface area contributed by atoms with Gasteiger partial charge in [0, 0.05) is 24.8 Å². The molecule has 2 rings (SSSR count). The van der Waals surface area contributed by atoms with Crippen molar-refractivity contribution in [1.82, 2.24) is 10.3 Å². The Morgan fingerprint density at radius 2 is 2.05 bits per heavy atom. The van der Waals surface area contributed by atoms with Crippen LogP contribution in [0.3, 0.4) is 0 Å². The fourth-order valence-electron chi connectivity index (χ4n) is 2.40. The highest BCUT2D eigenvalue weighted by Gasteiger charge is 2.29. The maximum atomic E-state index is 4.87. The van der Waals surface area contributed by atoms with Gasteiger partial charge in [0.2, 0.25) is 0 Å². The van der Waals surface area contributed by atoms with Crippen molar-refractivity contribution in [3.63, 3.8) is 0 Å². The van der Waals surface area contributed by atoms with E-state index in [0.717, 1.165) is 25.7 Å². The maximum absolute atomic E-state index is 4.87. The molecule has 0 saturated heterocycles. The first-order valence-corrected chi connectivity index (χ1v) is 7.63. The summed E-state index contributed by atoms with van der Waals surface area (Å²) in [6.45, 7) is 11.8. The van der Waals surface area contributed by atoms with E-state index in [1.165, 1.54) is 29.9 Å². The van der Waals surface area contributed by atoms with E-state index in [1.54, 1.807) is 0 Å². The van der Waals surface area contributed by atoms with Gasteiger partial charge in [-0.25, -0.2) is 4.98 Å². The van der Waals surface area contributed by atoms with E-state index in [1.807, 2.05) is 0 Å². The van der Waals surface area contributed by atoms with E-state index < -0.39 is 0 Å². The van der Waals surface area contributed by atoms with E-state index in [4.69, 9.17) is 4.98 Å². The molecule has 0 spiro atoms. The minimum absolute atomic E-state index is 0.484. The van der Waals surface area contributed by atoms with Crippen molar-refractivity contribution in [3.05, 3.63) is 23.4 Å². The third kappa shape index (κ3) is 3.69. The Morgan fingerprint density at radius 1 is 1.32 bits per heavy atom. The van der Waals surface area contributed by atoms with Crippen molar-refractivity contribution in [2.24, 2.45) is 0 Å². The third-order valence-corrected chi connectivity index (χ3v) is 3.68. The first-order chi connectivity index (χ1) is 9.15. The average Bonchev–Trinajstić information content (AvgIpc) is 3.21. The zero-order valence-electron chi connectivity index (χ0n) is 12.7. The molecule has 0 aromatic carbocycles. The average molecular weight is 261 g/mol. The molecular weight excluding hydrogens is 234 g/mol. The van der Waals surface area contributed by atoms with Crippen molar-refractivity contribution < 1.29 is 0 Å². The Hall–Kier alpha value is -1.09. The third-order valence-electron chi connectivity index (χ3n) is 3.68. The van der Waals surface area contributed by atoms with Crippen molar-refractivity contribution in [3.8, 4) is 0 Å². The lowest BCUT2D eigenvalue weighted by Crippen LogP contribution is -2.26. The van der Waals surface area contributed by atoms with Gasteiger partial charge in [-0.1, -0.05) is 20.8 Å². The van der Waals surface area contributed by atoms with Gasteiger partial charge in [-0.15, -0.1) is 0 Å². The predicted molar refractivity (Wildman–Crippen MR) is 81.7 cm³/mol. The molecule has 0 unspecified atom stereocenters. The SMILES string of the molecule is CCNCc1cc(C(C)C)nc(N(CC)C2CC2)c1. The first-order valence-electron chi connectivity index (χ1n) is 7.63. The lowest BCUT2D eigenvalue weighted by molar-refractivity contribution is 0.715. The predicted octanol–water partition coefficient (Wildman–Crippen LogP) is 3.30. The van der Waals surface area contributed by atoms with Gasteiger partial charge < -0.3 is 10.2 Å². The normalized spacial score (nSPS) is 15.0. The zero-order valence-corrected chi connectivity index (χ0v) is 12.7. The minimum atomic E-state index is 0.484. The summed E-state index contributed by atoms with van der Waals surface area (Å²) in [5.74, 6) is 1.65. The largest absolute Gasteiger partial charge is 0.354 e. The fraction of sp³-hybridized carbons (Fsp3) is 0.688. The molecule has 0 atom stereocenters. The molecule has 0 radical (unpaired) electrons. The number of nitrogens with zero attached hydrogens (tertiary/aromatic N) is 2. The highest BCUT2D eigenvalue weighted by molar-refractivity contribution is 5.45. The fourth-order valence-corrected chi connectivity index (χ4v) is 2.40. The zero-order chi connectivity index (χ0) is 13.8. The Kier molecular flexibility index (Phi) is 4.81. The Labute approximate surface area is 117 Å². The molecule has 1 aliphatic carbocycles. The van der Waals surface area contributed by atoms with E-state index in [9.17, 15) is 0 Å². The van der Waals surface area contributed by atoms with Crippen LogP contribution in [0.2, 0.25) is 0 Å². The Bertz CT molecular complexity index is 410. The molecule has 0 bridgehead atoms. The van der Waals surface area contributed by atoms with Crippen LogP contribution >= 0.6 is 0 Å². The molecule has 1 heterocycles. The number of hydrogen-bond donors (Lipinski definition) is 1. The summed E-state index contributed by atoms with van der Waals surface area (Å²) >= 11 is 0. The summed E-state index contributed by atoms with van der Waals surface area (Å²) in [7, 11) is 0. The number of anilines is 1. The van der Waals surface area contributed by atoms with Crippen LogP contribution in [-0.2, 0) is 6.54 Å². The molecule has 0 aliphatic heterocycles. The molecule has 1 aromatic rings. The van der Waals surface area contributed by atoms with Crippen LogP contribution in [0, 0.1) is 0 Å². The summed E-state index contributed by atoms with van der Waals surface area (Å²) in [6, 6.07) is 5.24. The van der Waals surface area contributed by atoms with Gasteiger partial charge in [-0.3, -0.25) is 0 Å². The number of aromatic nitrogens is 1. The van der Waals surface area contributed by atoms with Crippen LogP contribution in [0.5, 0.6) is 0 Å². The molecule has 1 N–H and O–H groups in total. The molecule has 1 fully saturated rings. The quantitative estimate of drug-likeness (QED) is 0.816. The first kappa shape index (κ1) is 14.3. The topological polar surface area (TPSA) is 28.2 Å². The Balaban J connectivity index is 2.27. The van der Waals surface area contributed by atoms with Crippen LogP contribution in [0.15, 0.2) is 12.1 Å². The second-order valence-electron chi connectivity index (χ2n) is 5.71. The molecule has 1 aromatic heterocycles. The number of hydrogen-bond acceptors (Lipinski definition) is 3. The van der Waals surface area contributed by atoms with E-state index in [-0.39, 0.29) is 0 Å². The molecular formula is C16H27N3. The second kappa shape index (κ2) is 6.38. The van der Waals surface area contributed by atoms with Gasteiger partial charge in [0.15, 0.2) is 0 Å². The summed E-state index contributed by atoms with van der Waals surface area (Å²) < 4.78 is 0.